The molecule has 27 heavy (non-hydrogen) atoms. The van der Waals surface area contributed by atoms with Crippen LogP contribution in [0.15, 0.2) is 43.0 Å². The minimum absolute atomic E-state index is 0.382. The van der Waals surface area contributed by atoms with Crippen molar-refractivity contribution in [3.8, 4) is 0 Å². The van der Waals surface area contributed by atoms with Crippen LogP contribution >= 0.6 is 0 Å². The second-order valence-electron chi connectivity index (χ2n) is 5.84. The second-order valence-corrected chi connectivity index (χ2v) is 5.84. The topological polar surface area (TPSA) is 58.6 Å². The van der Waals surface area contributed by atoms with Crippen LogP contribution in [-0.4, -0.2) is 77.4 Å². The van der Waals surface area contributed by atoms with Crippen molar-refractivity contribution in [3.05, 3.63) is 48.6 Å². The number of benzene rings is 1. The van der Waals surface area contributed by atoms with Crippen molar-refractivity contribution in [1.29, 1.82) is 0 Å². The molecule has 1 fully saturated rings. The van der Waals surface area contributed by atoms with Crippen molar-refractivity contribution in [2.45, 2.75) is 12.8 Å². The molecule has 1 aliphatic rings. The molecule has 1 saturated heterocycles. The first-order valence-electron chi connectivity index (χ1n) is 9.39. The van der Waals surface area contributed by atoms with Crippen LogP contribution in [0.25, 0.3) is 0 Å². The standard InChI is InChI=1S/C20H31NO6/c1-2-20-21(18-19-6-4-3-5-7-19)27-17-15-25-13-11-23-9-8-22-10-12-24-14-16-26-20/h2-7,20H,1,8-18H2. The Morgan fingerprint density at radius 1 is 0.778 bits per heavy atom. The molecule has 0 amide bonds. The van der Waals surface area contributed by atoms with E-state index in [1.165, 1.54) is 0 Å². The number of hydroxylamine groups is 2. The van der Waals surface area contributed by atoms with E-state index in [4.69, 9.17) is 28.5 Å². The van der Waals surface area contributed by atoms with Crippen LogP contribution in [0.4, 0.5) is 0 Å². The Balaban J connectivity index is 1.88. The second kappa shape index (κ2) is 14.7. The molecule has 0 bridgehead atoms. The van der Waals surface area contributed by atoms with Crippen molar-refractivity contribution in [2.75, 3.05) is 66.1 Å². The monoisotopic (exact) mass is 381 g/mol. The molecule has 152 valence electrons. The molecule has 0 aromatic heterocycles. The first-order chi connectivity index (χ1) is 13.4. The maximum Gasteiger partial charge on any atom is 0.152 e. The quantitative estimate of drug-likeness (QED) is 0.743. The van der Waals surface area contributed by atoms with Crippen LogP contribution in [0.5, 0.6) is 0 Å². The maximum atomic E-state index is 5.91. The Morgan fingerprint density at radius 3 is 1.85 bits per heavy atom. The van der Waals surface area contributed by atoms with Crippen molar-refractivity contribution in [1.82, 2.24) is 5.06 Å². The Morgan fingerprint density at radius 2 is 1.30 bits per heavy atom. The van der Waals surface area contributed by atoms with Crippen LogP contribution in [0.2, 0.25) is 0 Å². The van der Waals surface area contributed by atoms with Gasteiger partial charge in [-0.1, -0.05) is 36.9 Å². The van der Waals surface area contributed by atoms with Gasteiger partial charge in [0.05, 0.1) is 72.6 Å². The highest BCUT2D eigenvalue weighted by Gasteiger charge is 2.17. The molecule has 1 aliphatic heterocycles. The van der Waals surface area contributed by atoms with Crippen LogP contribution in [0.3, 0.4) is 0 Å². The number of nitrogens with zero attached hydrogens (tertiary/aromatic N) is 1. The molecule has 0 aliphatic carbocycles. The van der Waals surface area contributed by atoms with E-state index in [2.05, 4.69) is 6.58 Å². The van der Waals surface area contributed by atoms with Gasteiger partial charge in [-0.15, -0.1) is 0 Å². The lowest BCUT2D eigenvalue weighted by molar-refractivity contribution is -0.251. The highest BCUT2D eigenvalue weighted by atomic mass is 16.7. The zero-order valence-corrected chi connectivity index (χ0v) is 15.9. The third kappa shape index (κ3) is 9.97. The molecule has 1 heterocycles. The minimum Gasteiger partial charge on any atom is -0.377 e. The lowest BCUT2D eigenvalue weighted by Crippen LogP contribution is -2.37. The molecule has 0 radical (unpaired) electrons. The molecular formula is C20H31NO6. The molecule has 0 spiro atoms. The summed E-state index contributed by atoms with van der Waals surface area (Å²) >= 11 is 0. The van der Waals surface area contributed by atoms with E-state index < -0.39 is 0 Å². The van der Waals surface area contributed by atoms with Crippen LogP contribution in [0, 0.1) is 0 Å². The number of ether oxygens (including phenoxy) is 5. The van der Waals surface area contributed by atoms with E-state index in [9.17, 15) is 0 Å². The predicted molar refractivity (Wildman–Crippen MR) is 101 cm³/mol. The number of hydrogen-bond acceptors (Lipinski definition) is 7. The Labute approximate surface area is 161 Å². The smallest absolute Gasteiger partial charge is 0.152 e. The zero-order valence-electron chi connectivity index (χ0n) is 15.9. The fourth-order valence-electron chi connectivity index (χ4n) is 2.44. The summed E-state index contributed by atoms with van der Waals surface area (Å²) in [4.78, 5) is 5.91. The number of hydrogen-bond donors (Lipinski definition) is 0. The summed E-state index contributed by atoms with van der Waals surface area (Å²) in [6, 6.07) is 10.1. The molecule has 0 saturated carbocycles. The summed E-state index contributed by atoms with van der Waals surface area (Å²) in [7, 11) is 0. The molecule has 1 aromatic rings. The van der Waals surface area contributed by atoms with E-state index >= 15 is 0 Å². The SMILES string of the molecule is C=CC1OCCOCCOCCOCCOCCON1Cc1ccccc1. The Kier molecular flexibility index (Phi) is 12.0. The largest absolute Gasteiger partial charge is 0.377 e. The van der Waals surface area contributed by atoms with Gasteiger partial charge in [-0.2, -0.15) is 5.06 Å². The van der Waals surface area contributed by atoms with Gasteiger partial charge in [-0.3, -0.25) is 4.84 Å². The average molecular weight is 381 g/mol. The van der Waals surface area contributed by atoms with E-state index in [0.717, 1.165) is 5.56 Å². The van der Waals surface area contributed by atoms with Gasteiger partial charge in [-0.05, 0) is 11.6 Å². The normalized spacial score (nSPS) is 23.2. The summed E-state index contributed by atoms with van der Waals surface area (Å²) in [5.74, 6) is 0. The lowest BCUT2D eigenvalue weighted by atomic mass is 10.2. The van der Waals surface area contributed by atoms with Gasteiger partial charge in [0.15, 0.2) is 6.23 Å². The highest BCUT2D eigenvalue weighted by molar-refractivity contribution is 5.14. The van der Waals surface area contributed by atoms with Gasteiger partial charge in [0.2, 0.25) is 0 Å². The summed E-state index contributed by atoms with van der Waals surface area (Å²) in [5.41, 5.74) is 1.12. The minimum atomic E-state index is -0.382. The van der Waals surface area contributed by atoms with Gasteiger partial charge in [0.1, 0.15) is 0 Å². The lowest BCUT2D eigenvalue weighted by Gasteiger charge is -2.28. The molecule has 1 atom stereocenters. The third-order valence-electron chi connectivity index (χ3n) is 3.78. The molecule has 7 nitrogen and oxygen atoms in total. The van der Waals surface area contributed by atoms with Crippen LogP contribution in [0.1, 0.15) is 5.56 Å². The van der Waals surface area contributed by atoms with E-state index in [1.807, 2.05) is 30.3 Å². The maximum absolute atomic E-state index is 5.91. The first-order valence-corrected chi connectivity index (χ1v) is 9.39. The molecule has 1 aromatic carbocycles. The molecule has 1 unspecified atom stereocenters. The molecular weight excluding hydrogens is 350 g/mol. The van der Waals surface area contributed by atoms with E-state index in [0.29, 0.717) is 72.6 Å². The van der Waals surface area contributed by atoms with Crippen molar-refractivity contribution in [3.63, 3.8) is 0 Å². The predicted octanol–water partition coefficient (Wildman–Crippen LogP) is 2.03. The third-order valence-corrected chi connectivity index (χ3v) is 3.78. The summed E-state index contributed by atoms with van der Waals surface area (Å²) in [6.07, 6.45) is 1.34. The van der Waals surface area contributed by atoms with Crippen LogP contribution < -0.4 is 0 Å². The summed E-state index contributed by atoms with van der Waals surface area (Å²) in [5, 5.41) is 1.77. The van der Waals surface area contributed by atoms with Crippen molar-refractivity contribution in [2.24, 2.45) is 0 Å². The Bertz CT molecular complexity index is 487. The van der Waals surface area contributed by atoms with Gasteiger partial charge in [-0.25, -0.2) is 0 Å². The van der Waals surface area contributed by atoms with Gasteiger partial charge in [0.25, 0.3) is 0 Å². The zero-order chi connectivity index (χ0) is 19.0. The van der Waals surface area contributed by atoms with Gasteiger partial charge >= 0.3 is 0 Å². The fourth-order valence-corrected chi connectivity index (χ4v) is 2.44. The van der Waals surface area contributed by atoms with Crippen LogP contribution in [-0.2, 0) is 35.1 Å². The first kappa shape index (κ1) is 22.0. The molecule has 7 heteroatoms. The fraction of sp³-hybridized carbons (Fsp3) is 0.600. The molecule has 0 N–H and O–H groups in total. The highest BCUT2D eigenvalue weighted by Crippen LogP contribution is 2.11. The summed E-state index contributed by atoms with van der Waals surface area (Å²) in [6.45, 7) is 9.47. The van der Waals surface area contributed by atoms with E-state index in [-0.39, 0.29) is 6.23 Å². The summed E-state index contributed by atoms with van der Waals surface area (Å²) < 4.78 is 27.8. The number of rotatable bonds is 3. The molecule has 2 rings (SSSR count). The van der Waals surface area contributed by atoms with Gasteiger partial charge < -0.3 is 23.7 Å². The van der Waals surface area contributed by atoms with Crippen molar-refractivity contribution >= 4 is 0 Å². The van der Waals surface area contributed by atoms with Crippen molar-refractivity contribution < 1.29 is 28.5 Å². The van der Waals surface area contributed by atoms with Gasteiger partial charge in [0, 0.05) is 0 Å². The van der Waals surface area contributed by atoms with E-state index in [1.54, 1.807) is 11.1 Å². The Hall–Kier alpha value is -1.32. The average Bonchev–Trinajstić information content (AvgIpc) is 2.70.